The summed E-state index contributed by atoms with van der Waals surface area (Å²) in [6.45, 7) is 8.79. The van der Waals surface area contributed by atoms with Crippen molar-refractivity contribution >= 4 is 21.9 Å². The molecule has 0 aliphatic rings. The van der Waals surface area contributed by atoms with Crippen molar-refractivity contribution < 1.29 is 4.42 Å². The molecule has 24 heavy (non-hydrogen) atoms. The number of aryl methyl sites for hydroxylation is 1. The van der Waals surface area contributed by atoms with Crippen molar-refractivity contribution in [2.45, 2.75) is 33.1 Å². The van der Waals surface area contributed by atoms with Gasteiger partial charge in [-0.3, -0.25) is 4.98 Å². The number of hydrogen-bond donors (Lipinski definition) is 0. The summed E-state index contributed by atoms with van der Waals surface area (Å²) in [5.41, 5.74) is 6.47. The van der Waals surface area contributed by atoms with Gasteiger partial charge in [0, 0.05) is 22.5 Å². The Morgan fingerprint density at radius 2 is 1.75 bits per heavy atom. The van der Waals surface area contributed by atoms with Crippen molar-refractivity contribution in [3.8, 4) is 11.3 Å². The van der Waals surface area contributed by atoms with Crippen LogP contribution >= 0.6 is 0 Å². The van der Waals surface area contributed by atoms with Crippen LogP contribution in [-0.2, 0) is 5.41 Å². The lowest BCUT2D eigenvalue weighted by atomic mass is 9.87. The monoisotopic (exact) mass is 315 g/mol. The summed E-state index contributed by atoms with van der Waals surface area (Å²) in [6.07, 6.45) is 1.89. The van der Waals surface area contributed by atoms with Crippen LogP contribution in [0.5, 0.6) is 0 Å². The van der Waals surface area contributed by atoms with Crippen LogP contribution in [0.1, 0.15) is 31.9 Å². The van der Waals surface area contributed by atoms with E-state index < -0.39 is 0 Å². The first-order valence-corrected chi connectivity index (χ1v) is 8.33. The van der Waals surface area contributed by atoms with Gasteiger partial charge in [-0.1, -0.05) is 45.0 Å². The van der Waals surface area contributed by atoms with Crippen LogP contribution in [0.3, 0.4) is 0 Å². The molecular weight excluding hydrogens is 294 g/mol. The second-order valence-electron chi connectivity index (χ2n) is 7.41. The van der Waals surface area contributed by atoms with E-state index in [4.69, 9.17) is 4.42 Å². The lowest BCUT2D eigenvalue weighted by molar-refractivity contribution is 0.589. The molecule has 0 unspecified atom stereocenters. The first-order chi connectivity index (χ1) is 11.4. The Morgan fingerprint density at radius 3 is 2.54 bits per heavy atom. The molecule has 0 amide bonds. The predicted molar refractivity (Wildman–Crippen MR) is 100 cm³/mol. The highest BCUT2D eigenvalue weighted by atomic mass is 16.3. The summed E-state index contributed by atoms with van der Waals surface area (Å²) in [7, 11) is 0. The normalized spacial score (nSPS) is 12.2. The average molecular weight is 315 g/mol. The highest BCUT2D eigenvalue weighted by Crippen LogP contribution is 2.37. The van der Waals surface area contributed by atoms with Gasteiger partial charge in [0.05, 0.1) is 5.69 Å². The zero-order valence-corrected chi connectivity index (χ0v) is 14.6. The Balaban J connectivity index is 2.03. The Bertz CT molecular complexity index is 1050. The Morgan fingerprint density at radius 1 is 0.958 bits per heavy atom. The number of benzene rings is 2. The van der Waals surface area contributed by atoms with Gasteiger partial charge in [-0.2, -0.15) is 0 Å². The van der Waals surface area contributed by atoms with Gasteiger partial charge in [0.25, 0.3) is 0 Å². The molecule has 4 rings (SSSR count). The van der Waals surface area contributed by atoms with Crippen LogP contribution in [0.4, 0.5) is 0 Å². The highest BCUT2D eigenvalue weighted by Gasteiger charge is 2.18. The molecule has 0 saturated carbocycles. The van der Waals surface area contributed by atoms with Crippen molar-refractivity contribution in [2.75, 3.05) is 0 Å². The van der Waals surface area contributed by atoms with Crippen LogP contribution in [0.15, 0.2) is 59.1 Å². The standard InChI is InChI=1S/C22H21NO/c1-14-9-10-16(18-13-15(11-12-23-18)22(2,3)4)21-20(14)17-7-5-6-8-19(17)24-21/h5-13H,1-4H3. The number of aromatic nitrogens is 1. The zero-order chi connectivity index (χ0) is 16.9. The molecule has 2 heteroatoms. The first-order valence-electron chi connectivity index (χ1n) is 8.33. The minimum atomic E-state index is 0.0926. The van der Waals surface area contributed by atoms with E-state index in [1.54, 1.807) is 0 Å². The number of fused-ring (bicyclic) bond motifs is 3. The van der Waals surface area contributed by atoms with Crippen molar-refractivity contribution in [3.63, 3.8) is 0 Å². The first kappa shape index (κ1) is 14.9. The van der Waals surface area contributed by atoms with E-state index in [0.717, 1.165) is 22.4 Å². The largest absolute Gasteiger partial charge is 0.455 e. The molecule has 0 saturated heterocycles. The van der Waals surface area contributed by atoms with Crippen LogP contribution in [-0.4, -0.2) is 4.98 Å². The van der Waals surface area contributed by atoms with E-state index in [0.29, 0.717) is 0 Å². The molecule has 2 aromatic carbocycles. The van der Waals surface area contributed by atoms with E-state index >= 15 is 0 Å². The van der Waals surface area contributed by atoms with Gasteiger partial charge in [0.1, 0.15) is 11.2 Å². The van der Waals surface area contributed by atoms with Gasteiger partial charge in [-0.25, -0.2) is 0 Å². The van der Waals surface area contributed by atoms with Crippen LogP contribution in [0, 0.1) is 6.92 Å². The minimum Gasteiger partial charge on any atom is -0.455 e. The number of para-hydroxylation sites is 1. The molecule has 0 aliphatic heterocycles. The third kappa shape index (κ3) is 2.30. The number of pyridine rings is 1. The molecule has 120 valence electrons. The van der Waals surface area contributed by atoms with E-state index in [-0.39, 0.29) is 5.41 Å². The summed E-state index contributed by atoms with van der Waals surface area (Å²) in [4.78, 5) is 4.61. The SMILES string of the molecule is Cc1ccc(-c2cc(C(C)(C)C)ccn2)c2oc3ccccc3c12. The second kappa shape index (κ2) is 5.20. The fourth-order valence-electron chi connectivity index (χ4n) is 3.24. The van der Waals surface area contributed by atoms with E-state index in [2.05, 4.69) is 69.1 Å². The summed E-state index contributed by atoms with van der Waals surface area (Å²) >= 11 is 0. The van der Waals surface area contributed by atoms with Crippen molar-refractivity contribution in [3.05, 3.63) is 65.9 Å². The topological polar surface area (TPSA) is 26.0 Å². The van der Waals surface area contributed by atoms with Gasteiger partial charge in [-0.15, -0.1) is 0 Å². The predicted octanol–water partition coefficient (Wildman–Crippen LogP) is 6.25. The summed E-state index contributed by atoms with van der Waals surface area (Å²) in [5, 5.41) is 2.35. The third-order valence-corrected chi connectivity index (χ3v) is 4.64. The molecule has 0 aliphatic carbocycles. The Labute approximate surface area is 142 Å². The maximum absolute atomic E-state index is 6.20. The van der Waals surface area contributed by atoms with E-state index in [1.165, 1.54) is 21.9 Å². The number of furan rings is 1. The fraction of sp³-hybridized carbons (Fsp3) is 0.227. The summed E-state index contributed by atoms with van der Waals surface area (Å²) in [6, 6.07) is 16.8. The minimum absolute atomic E-state index is 0.0926. The maximum Gasteiger partial charge on any atom is 0.145 e. The molecule has 4 aromatic rings. The zero-order valence-electron chi connectivity index (χ0n) is 14.6. The van der Waals surface area contributed by atoms with Gasteiger partial charge in [-0.05, 0) is 47.7 Å². The number of nitrogens with zero attached hydrogens (tertiary/aromatic N) is 1. The van der Waals surface area contributed by atoms with E-state index in [9.17, 15) is 0 Å². The van der Waals surface area contributed by atoms with Gasteiger partial charge < -0.3 is 4.42 Å². The lowest BCUT2D eigenvalue weighted by Crippen LogP contribution is -2.11. The quantitative estimate of drug-likeness (QED) is 0.414. The van der Waals surface area contributed by atoms with Gasteiger partial charge in [0.15, 0.2) is 0 Å². The van der Waals surface area contributed by atoms with Gasteiger partial charge >= 0.3 is 0 Å². The Hall–Kier alpha value is -2.61. The smallest absolute Gasteiger partial charge is 0.145 e. The molecule has 0 spiro atoms. The average Bonchev–Trinajstić information content (AvgIpc) is 2.95. The van der Waals surface area contributed by atoms with Crippen molar-refractivity contribution in [1.82, 2.24) is 4.98 Å². The van der Waals surface area contributed by atoms with Crippen LogP contribution in [0.25, 0.3) is 33.2 Å². The number of rotatable bonds is 1. The fourth-order valence-corrected chi connectivity index (χ4v) is 3.24. The summed E-state index contributed by atoms with van der Waals surface area (Å²) in [5.74, 6) is 0. The van der Waals surface area contributed by atoms with Crippen molar-refractivity contribution in [2.24, 2.45) is 0 Å². The maximum atomic E-state index is 6.20. The molecule has 0 atom stereocenters. The molecule has 2 heterocycles. The lowest BCUT2D eigenvalue weighted by Gasteiger charge is -2.19. The highest BCUT2D eigenvalue weighted by molar-refractivity contribution is 6.10. The van der Waals surface area contributed by atoms with E-state index in [1.807, 2.05) is 18.3 Å². The third-order valence-electron chi connectivity index (χ3n) is 4.64. The summed E-state index contributed by atoms with van der Waals surface area (Å²) < 4.78 is 6.20. The molecule has 2 aromatic heterocycles. The molecule has 0 fully saturated rings. The second-order valence-corrected chi connectivity index (χ2v) is 7.41. The van der Waals surface area contributed by atoms with Crippen LogP contribution < -0.4 is 0 Å². The number of hydrogen-bond acceptors (Lipinski definition) is 2. The molecular formula is C22H21NO. The van der Waals surface area contributed by atoms with Gasteiger partial charge in [0.2, 0.25) is 0 Å². The molecule has 0 radical (unpaired) electrons. The molecule has 0 bridgehead atoms. The van der Waals surface area contributed by atoms with Crippen molar-refractivity contribution in [1.29, 1.82) is 0 Å². The molecule has 2 nitrogen and oxygen atoms in total. The molecule has 0 N–H and O–H groups in total. The van der Waals surface area contributed by atoms with Crippen LogP contribution in [0.2, 0.25) is 0 Å². The Kier molecular flexibility index (Phi) is 3.24.